The molecule has 0 spiro atoms. The van der Waals surface area contributed by atoms with E-state index in [1.165, 1.54) is 18.4 Å². The van der Waals surface area contributed by atoms with Gasteiger partial charge in [0.05, 0.1) is 6.54 Å². The number of nitrogens with one attached hydrogen (secondary N) is 1. The van der Waals surface area contributed by atoms with Crippen molar-refractivity contribution in [2.24, 2.45) is 11.7 Å². The van der Waals surface area contributed by atoms with E-state index < -0.39 is 0 Å². The maximum Gasteiger partial charge on any atom is 0.238 e. The van der Waals surface area contributed by atoms with Gasteiger partial charge in [0.1, 0.15) is 0 Å². The first kappa shape index (κ1) is 16.0. The van der Waals surface area contributed by atoms with Gasteiger partial charge in [-0.1, -0.05) is 31.0 Å². The van der Waals surface area contributed by atoms with Crippen molar-refractivity contribution in [1.82, 2.24) is 4.90 Å². The zero-order chi connectivity index (χ0) is 15.2. The molecule has 1 aromatic rings. The molecule has 1 fully saturated rings. The van der Waals surface area contributed by atoms with Crippen LogP contribution >= 0.6 is 0 Å². The van der Waals surface area contributed by atoms with Gasteiger partial charge in [0.25, 0.3) is 0 Å². The van der Waals surface area contributed by atoms with Gasteiger partial charge in [-0.15, -0.1) is 0 Å². The fraction of sp³-hybridized carbons (Fsp3) is 0.588. The van der Waals surface area contributed by atoms with Crippen LogP contribution in [-0.2, 0) is 4.79 Å². The van der Waals surface area contributed by atoms with Crippen LogP contribution in [0.1, 0.15) is 31.7 Å². The van der Waals surface area contributed by atoms with Gasteiger partial charge in [-0.3, -0.25) is 9.69 Å². The highest BCUT2D eigenvalue weighted by molar-refractivity contribution is 5.92. The highest BCUT2D eigenvalue weighted by Crippen LogP contribution is 2.29. The van der Waals surface area contributed by atoms with Crippen LogP contribution in [0.3, 0.4) is 0 Å². The van der Waals surface area contributed by atoms with E-state index in [0.29, 0.717) is 18.5 Å². The zero-order valence-electron chi connectivity index (χ0n) is 13.1. The van der Waals surface area contributed by atoms with E-state index >= 15 is 0 Å². The van der Waals surface area contributed by atoms with Crippen molar-refractivity contribution >= 4 is 11.6 Å². The number of rotatable bonds is 6. The Morgan fingerprint density at radius 3 is 2.67 bits per heavy atom. The summed E-state index contributed by atoms with van der Waals surface area (Å²) >= 11 is 0. The summed E-state index contributed by atoms with van der Waals surface area (Å²) in [4.78, 5) is 14.5. The van der Waals surface area contributed by atoms with Crippen molar-refractivity contribution in [3.63, 3.8) is 0 Å². The molecule has 116 valence electrons. The molecule has 1 aliphatic rings. The fourth-order valence-corrected chi connectivity index (χ4v) is 3.26. The molecule has 0 aromatic heterocycles. The van der Waals surface area contributed by atoms with Crippen LogP contribution in [0.15, 0.2) is 24.3 Å². The smallest absolute Gasteiger partial charge is 0.238 e. The standard InChI is InChI=1S/C17H27N3O/c1-3-20(16-6-4-5-14(16)11-18)12-17(21)19-15-9-7-13(2)8-10-15/h7-10,14,16H,3-6,11-12,18H2,1-2H3,(H,19,21). The Morgan fingerprint density at radius 2 is 2.05 bits per heavy atom. The normalized spacial score (nSPS) is 21.7. The molecule has 3 N–H and O–H groups in total. The van der Waals surface area contributed by atoms with Crippen LogP contribution < -0.4 is 11.1 Å². The Bertz CT molecular complexity index is 458. The Labute approximate surface area is 127 Å². The van der Waals surface area contributed by atoms with E-state index in [9.17, 15) is 4.79 Å². The lowest BCUT2D eigenvalue weighted by Crippen LogP contribution is -2.44. The number of hydrogen-bond donors (Lipinski definition) is 2. The summed E-state index contributed by atoms with van der Waals surface area (Å²) in [5, 5.41) is 2.98. The van der Waals surface area contributed by atoms with Gasteiger partial charge in [0.2, 0.25) is 5.91 Å². The molecule has 4 nitrogen and oxygen atoms in total. The Kier molecular flexibility index (Phi) is 5.76. The number of likely N-dealkylation sites (N-methyl/N-ethyl adjacent to an activating group) is 1. The topological polar surface area (TPSA) is 58.4 Å². The Morgan fingerprint density at radius 1 is 1.33 bits per heavy atom. The van der Waals surface area contributed by atoms with E-state index in [2.05, 4.69) is 17.1 Å². The maximum atomic E-state index is 12.2. The number of carbonyl (C=O) groups excluding carboxylic acids is 1. The van der Waals surface area contributed by atoms with Crippen LogP contribution in [0, 0.1) is 12.8 Å². The van der Waals surface area contributed by atoms with Gasteiger partial charge in [0.15, 0.2) is 0 Å². The molecule has 0 aliphatic heterocycles. The van der Waals surface area contributed by atoms with Crippen molar-refractivity contribution in [1.29, 1.82) is 0 Å². The van der Waals surface area contributed by atoms with Gasteiger partial charge in [0, 0.05) is 11.7 Å². The SMILES string of the molecule is CCN(CC(=O)Nc1ccc(C)cc1)C1CCCC1CN. The highest BCUT2D eigenvalue weighted by atomic mass is 16.2. The molecule has 2 atom stereocenters. The van der Waals surface area contributed by atoms with E-state index in [0.717, 1.165) is 25.2 Å². The minimum absolute atomic E-state index is 0.0587. The average molecular weight is 289 g/mol. The van der Waals surface area contributed by atoms with E-state index in [1.54, 1.807) is 0 Å². The van der Waals surface area contributed by atoms with E-state index in [4.69, 9.17) is 5.73 Å². The third-order valence-electron chi connectivity index (χ3n) is 4.48. The van der Waals surface area contributed by atoms with E-state index in [1.807, 2.05) is 31.2 Å². The lowest BCUT2D eigenvalue weighted by atomic mass is 10.0. The summed E-state index contributed by atoms with van der Waals surface area (Å²) in [5.41, 5.74) is 7.92. The first-order valence-electron chi connectivity index (χ1n) is 7.94. The van der Waals surface area contributed by atoms with E-state index in [-0.39, 0.29) is 5.91 Å². The van der Waals surface area contributed by atoms with Crippen molar-refractivity contribution in [3.8, 4) is 0 Å². The summed E-state index contributed by atoms with van der Waals surface area (Å²) in [7, 11) is 0. The predicted octanol–water partition coefficient (Wildman–Crippen LogP) is 2.38. The third-order valence-corrected chi connectivity index (χ3v) is 4.48. The monoisotopic (exact) mass is 289 g/mol. The first-order chi connectivity index (χ1) is 10.1. The number of nitrogens with two attached hydrogens (primary N) is 1. The lowest BCUT2D eigenvalue weighted by Gasteiger charge is -2.31. The molecule has 0 bridgehead atoms. The minimum atomic E-state index is 0.0587. The molecule has 21 heavy (non-hydrogen) atoms. The molecule has 2 unspecified atom stereocenters. The third kappa shape index (κ3) is 4.29. The number of anilines is 1. The van der Waals surface area contributed by atoms with Crippen LogP contribution in [-0.4, -0.2) is 36.5 Å². The number of nitrogens with zero attached hydrogens (tertiary/aromatic N) is 1. The van der Waals surface area contributed by atoms with Crippen LogP contribution in [0.2, 0.25) is 0 Å². The predicted molar refractivity (Wildman–Crippen MR) is 87.2 cm³/mol. The first-order valence-corrected chi connectivity index (χ1v) is 7.94. The van der Waals surface area contributed by atoms with Crippen molar-refractivity contribution in [3.05, 3.63) is 29.8 Å². The molecular weight excluding hydrogens is 262 g/mol. The number of aryl methyl sites for hydroxylation is 1. The molecule has 0 heterocycles. The summed E-state index contributed by atoms with van der Waals surface area (Å²) < 4.78 is 0. The molecule has 4 heteroatoms. The molecule has 1 saturated carbocycles. The number of carbonyl (C=O) groups is 1. The van der Waals surface area contributed by atoms with Crippen molar-refractivity contribution in [2.45, 2.75) is 39.2 Å². The maximum absolute atomic E-state index is 12.2. The van der Waals surface area contributed by atoms with Crippen LogP contribution in [0.25, 0.3) is 0 Å². The zero-order valence-corrected chi connectivity index (χ0v) is 13.1. The van der Waals surface area contributed by atoms with Gasteiger partial charge in [-0.05, 0) is 50.9 Å². The summed E-state index contributed by atoms with van der Waals surface area (Å²) in [6.45, 7) is 6.22. The van der Waals surface area contributed by atoms with Crippen molar-refractivity contribution in [2.75, 3.05) is 25.0 Å². The average Bonchev–Trinajstić information content (AvgIpc) is 2.95. The largest absolute Gasteiger partial charge is 0.330 e. The minimum Gasteiger partial charge on any atom is -0.330 e. The number of amides is 1. The quantitative estimate of drug-likeness (QED) is 0.845. The molecular formula is C17H27N3O. The molecule has 0 saturated heterocycles. The molecule has 1 amide bonds. The van der Waals surface area contributed by atoms with Gasteiger partial charge < -0.3 is 11.1 Å². The molecule has 0 radical (unpaired) electrons. The second kappa shape index (κ2) is 7.57. The second-order valence-corrected chi connectivity index (χ2v) is 5.97. The summed E-state index contributed by atoms with van der Waals surface area (Å²) in [5.74, 6) is 0.598. The fourth-order valence-electron chi connectivity index (χ4n) is 3.26. The van der Waals surface area contributed by atoms with Crippen LogP contribution in [0.5, 0.6) is 0 Å². The van der Waals surface area contributed by atoms with Crippen LogP contribution in [0.4, 0.5) is 5.69 Å². The lowest BCUT2D eigenvalue weighted by molar-refractivity contribution is -0.118. The molecule has 1 aliphatic carbocycles. The molecule has 2 rings (SSSR count). The Balaban J connectivity index is 1.91. The number of benzene rings is 1. The Hall–Kier alpha value is -1.39. The summed E-state index contributed by atoms with van der Waals surface area (Å²) in [6, 6.07) is 8.37. The van der Waals surface area contributed by atoms with Gasteiger partial charge in [-0.25, -0.2) is 0 Å². The van der Waals surface area contributed by atoms with Gasteiger partial charge in [-0.2, -0.15) is 0 Å². The summed E-state index contributed by atoms with van der Waals surface area (Å²) in [6.07, 6.45) is 3.58. The highest BCUT2D eigenvalue weighted by Gasteiger charge is 2.31. The van der Waals surface area contributed by atoms with Gasteiger partial charge >= 0.3 is 0 Å². The molecule has 1 aromatic carbocycles. The number of hydrogen-bond acceptors (Lipinski definition) is 3. The second-order valence-electron chi connectivity index (χ2n) is 5.97. The van der Waals surface area contributed by atoms with Crippen molar-refractivity contribution < 1.29 is 4.79 Å².